The van der Waals surface area contributed by atoms with Gasteiger partial charge in [-0.15, -0.1) is 11.8 Å². The molecule has 20 heavy (non-hydrogen) atoms. The van der Waals surface area contributed by atoms with E-state index in [9.17, 15) is 0 Å². The van der Waals surface area contributed by atoms with Gasteiger partial charge in [0.05, 0.1) is 0 Å². The average molecular weight is 278 g/mol. The van der Waals surface area contributed by atoms with E-state index in [1.807, 2.05) is 0 Å². The molecule has 1 heterocycles. The molecular weight excluding hydrogens is 244 g/mol. The second kappa shape index (κ2) is 9.42. The van der Waals surface area contributed by atoms with Gasteiger partial charge in [0.1, 0.15) is 0 Å². The van der Waals surface area contributed by atoms with Crippen LogP contribution in [0.1, 0.15) is 47.0 Å². The Morgan fingerprint density at radius 2 is 1.80 bits per heavy atom. The van der Waals surface area contributed by atoms with Crippen LogP contribution in [0.25, 0.3) is 0 Å². The highest BCUT2D eigenvalue weighted by Gasteiger charge is 2.19. The largest absolute Gasteiger partial charge is 0.306 e. The lowest BCUT2D eigenvalue weighted by atomic mass is 9.96. The van der Waals surface area contributed by atoms with Gasteiger partial charge in [-0.3, -0.25) is 0 Å². The van der Waals surface area contributed by atoms with Crippen LogP contribution in [-0.4, -0.2) is 49.6 Å². The zero-order chi connectivity index (χ0) is 15.0. The van der Waals surface area contributed by atoms with Crippen molar-refractivity contribution < 1.29 is 0 Å². The molecule has 0 unspecified atom stereocenters. The second-order valence-electron chi connectivity index (χ2n) is 7.13. The highest BCUT2D eigenvalue weighted by atomic mass is 15.1. The van der Waals surface area contributed by atoms with Gasteiger partial charge < -0.3 is 9.80 Å². The molecule has 0 bridgehead atoms. The molecule has 0 saturated carbocycles. The third-order valence-electron chi connectivity index (χ3n) is 3.90. The zero-order valence-electron chi connectivity index (χ0n) is 14.3. The molecule has 0 aromatic carbocycles. The van der Waals surface area contributed by atoms with Gasteiger partial charge in [-0.05, 0) is 44.8 Å². The van der Waals surface area contributed by atoms with Gasteiger partial charge >= 0.3 is 0 Å². The summed E-state index contributed by atoms with van der Waals surface area (Å²) < 4.78 is 0. The van der Waals surface area contributed by atoms with Crippen LogP contribution in [0.5, 0.6) is 0 Å². The molecule has 2 heteroatoms. The summed E-state index contributed by atoms with van der Waals surface area (Å²) in [6.07, 6.45) is 3.76. The van der Waals surface area contributed by atoms with Crippen molar-refractivity contribution in [3.8, 4) is 11.8 Å². The lowest BCUT2D eigenvalue weighted by molar-refractivity contribution is 0.151. The summed E-state index contributed by atoms with van der Waals surface area (Å²) >= 11 is 0. The van der Waals surface area contributed by atoms with Crippen LogP contribution in [-0.2, 0) is 0 Å². The number of rotatable bonds is 6. The predicted molar refractivity (Wildman–Crippen MR) is 88.7 cm³/mol. The third kappa shape index (κ3) is 7.92. The van der Waals surface area contributed by atoms with Gasteiger partial charge in [0.25, 0.3) is 0 Å². The predicted octanol–water partition coefficient (Wildman–Crippen LogP) is 3.34. The molecule has 0 amide bonds. The van der Waals surface area contributed by atoms with E-state index in [2.05, 4.69) is 56.4 Å². The third-order valence-corrected chi connectivity index (χ3v) is 3.90. The van der Waals surface area contributed by atoms with Gasteiger partial charge in [-0.2, -0.15) is 0 Å². The fraction of sp³-hybridized carbons (Fsp3) is 0.889. The van der Waals surface area contributed by atoms with Gasteiger partial charge in [-0.1, -0.05) is 27.7 Å². The van der Waals surface area contributed by atoms with Crippen LogP contribution in [0.4, 0.5) is 0 Å². The fourth-order valence-corrected chi connectivity index (χ4v) is 3.02. The molecule has 0 aromatic rings. The van der Waals surface area contributed by atoms with Crippen molar-refractivity contribution >= 4 is 0 Å². The molecule has 116 valence electrons. The maximum atomic E-state index is 3.30. The first-order valence-corrected chi connectivity index (χ1v) is 8.36. The van der Waals surface area contributed by atoms with Crippen molar-refractivity contribution in [3.05, 3.63) is 0 Å². The maximum Gasteiger partial charge on any atom is 0.0217 e. The van der Waals surface area contributed by atoms with E-state index in [0.29, 0.717) is 5.92 Å². The Morgan fingerprint density at radius 3 is 2.35 bits per heavy atom. The summed E-state index contributed by atoms with van der Waals surface area (Å²) in [5.74, 6) is 8.74. The van der Waals surface area contributed by atoms with Crippen molar-refractivity contribution in [2.45, 2.75) is 47.0 Å². The van der Waals surface area contributed by atoms with E-state index in [1.54, 1.807) is 0 Å². The van der Waals surface area contributed by atoms with Gasteiger partial charge in [-0.25, -0.2) is 0 Å². The molecule has 0 spiro atoms. The Morgan fingerprint density at radius 1 is 1.15 bits per heavy atom. The van der Waals surface area contributed by atoms with Crippen molar-refractivity contribution in [1.82, 2.24) is 9.80 Å². The Balaban J connectivity index is 2.15. The minimum atomic E-state index is 0.511. The van der Waals surface area contributed by atoms with Crippen molar-refractivity contribution in [2.75, 3.05) is 39.8 Å². The molecule has 0 aromatic heterocycles. The fourth-order valence-electron chi connectivity index (χ4n) is 3.02. The number of piperidine rings is 1. The van der Waals surface area contributed by atoms with Crippen LogP contribution in [0, 0.1) is 29.6 Å². The van der Waals surface area contributed by atoms with Gasteiger partial charge in [0.15, 0.2) is 0 Å². The summed E-state index contributed by atoms with van der Waals surface area (Å²) in [4.78, 5) is 5.10. The summed E-state index contributed by atoms with van der Waals surface area (Å²) in [5, 5.41) is 0. The average Bonchev–Trinajstić information content (AvgIpc) is 2.35. The molecule has 1 fully saturated rings. The van der Waals surface area contributed by atoms with E-state index < -0.39 is 0 Å². The molecule has 1 aliphatic heterocycles. The number of likely N-dealkylation sites (tertiary alicyclic amines) is 1. The van der Waals surface area contributed by atoms with E-state index in [1.165, 1.54) is 39.0 Å². The van der Waals surface area contributed by atoms with Crippen molar-refractivity contribution in [2.24, 2.45) is 17.8 Å². The van der Waals surface area contributed by atoms with E-state index in [-0.39, 0.29) is 0 Å². The quantitative estimate of drug-likeness (QED) is 0.688. The van der Waals surface area contributed by atoms with Gasteiger partial charge in [0, 0.05) is 32.0 Å². The Hall–Kier alpha value is -0.520. The normalized spacial score (nSPS) is 17.8. The lowest BCUT2D eigenvalue weighted by Crippen LogP contribution is -2.38. The number of hydrogen-bond donors (Lipinski definition) is 0. The summed E-state index contributed by atoms with van der Waals surface area (Å²) in [7, 11) is 2.27. The maximum absolute atomic E-state index is 3.30. The first-order valence-electron chi connectivity index (χ1n) is 8.36. The van der Waals surface area contributed by atoms with Crippen LogP contribution in [0.3, 0.4) is 0 Å². The van der Waals surface area contributed by atoms with Gasteiger partial charge in [0.2, 0.25) is 0 Å². The zero-order valence-corrected chi connectivity index (χ0v) is 14.3. The minimum Gasteiger partial charge on any atom is -0.306 e. The number of hydrogen-bond acceptors (Lipinski definition) is 2. The SMILES string of the molecule is CC(C)C#CCCN1CCC(CN(C)CC(C)C)CC1. The van der Waals surface area contributed by atoms with Crippen molar-refractivity contribution in [1.29, 1.82) is 0 Å². The van der Waals surface area contributed by atoms with Crippen LogP contribution in [0.2, 0.25) is 0 Å². The molecule has 2 nitrogen and oxygen atoms in total. The highest BCUT2D eigenvalue weighted by molar-refractivity contribution is 5.01. The first kappa shape index (κ1) is 17.5. The minimum absolute atomic E-state index is 0.511. The molecule has 1 saturated heterocycles. The second-order valence-corrected chi connectivity index (χ2v) is 7.13. The summed E-state index contributed by atoms with van der Waals surface area (Å²) in [6, 6.07) is 0. The Labute approximate surface area is 126 Å². The molecule has 0 atom stereocenters. The summed E-state index contributed by atoms with van der Waals surface area (Å²) in [5.41, 5.74) is 0. The molecule has 1 rings (SSSR count). The van der Waals surface area contributed by atoms with E-state index in [4.69, 9.17) is 0 Å². The monoisotopic (exact) mass is 278 g/mol. The van der Waals surface area contributed by atoms with Crippen LogP contribution >= 0.6 is 0 Å². The van der Waals surface area contributed by atoms with Crippen LogP contribution in [0.15, 0.2) is 0 Å². The smallest absolute Gasteiger partial charge is 0.0217 e. The van der Waals surface area contributed by atoms with E-state index in [0.717, 1.165) is 24.8 Å². The lowest BCUT2D eigenvalue weighted by Gasteiger charge is -2.34. The highest BCUT2D eigenvalue weighted by Crippen LogP contribution is 2.18. The van der Waals surface area contributed by atoms with E-state index >= 15 is 0 Å². The molecule has 0 aliphatic carbocycles. The standard InChI is InChI=1S/C18H34N2/c1-16(2)8-6-7-11-20-12-9-18(10-13-20)15-19(5)14-17(3)4/h16-18H,7,9-15H2,1-5H3. The summed E-state index contributed by atoms with van der Waals surface area (Å²) in [6.45, 7) is 15.1. The Kier molecular flexibility index (Phi) is 8.26. The topological polar surface area (TPSA) is 6.48 Å². The number of nitrogens with zero attached hydrogens (tertiary/aromatic N) is 2. The molecule has 1 aliphatic rings. The van der Waals surface area contributed by atoms with Crippen LogP contribution < -0.4 is 0 Å². The Bertz CT molecular complexity index is 303. The van der Waals surface area contributed by atoms with Crippen molar-refractivity contribution in [3.63, 3.8) is 0 Å². The molecule has 0 radical (unpaired) electrons. The first-order chi connectivity index (χ1) is 9.47. The molecular formula is C18H34N2. The molecule has 0 N–H and O–H groups in total.